The highest BCUT2D eigenvalue weighted by Crippen LogP contribution is 2.54. The van der Waals surface area contributed by atoms with Crippen molar-refractivity contribution >= 4 is 5.91 Å². The largest absolute Gasteiger partial charge is 0.385 e. The molecule has 1 saturated heterocycles. The molecule has 0 spiro atoms. The van der Waals surface area contributed by atoms with Crippen molar-refractivity contribution in [2.75, 3.05) is 0 Å². The van der Waals surface area contributed by atoms with Gasteiger partial charge in [-0.25, -0.2) is 0 Å². The Balaban J connectivity index is 2.16. The number of hydrogen-bond donors (Lipinski definition) is 2. The molecule has 3 unspecified atom stereocenters. The van der Waals surface area contributed by atoms with Crippen molar-refractivity contribution in [2.45, 2.75) is 44.2 Å². The van der Waals surface area contributed by atoms with Gasteiger partial charge in [-0.15, -0.1) is 0 Å². The lowest BCUT2D eigenvalue weighted by Gasteiger charge is -2.44. The fourth-order valence-corrected chi connectivity index (χ4v) is 3.64. The molecule has 3 heteroatoms. The molecule has 2 fully saturated rings. The number of aliphatic hydroxyl groups is 1. The van der Waals surface area contributed by atoms with Gasteiger partial charge >= 0.3 is 0 Å². The SMILES string of the molecule is CCC12CC(CC3(O)CC=CC=C31)NC2=O. The van der Waals surface area contributed by atoms with Crippen LogP contribution in [0, 0.1) is 5.41 Å². The third-order valence-electron chi connectivity index (χ3n) is 4.42. The van der Waals surface area contributed by atoms with Crippen molar-refractivity contribution in [3.05, 3.63) is 23.8 Å². The maximum atomic E-state index is 12.1. The zero-order valence-electron chi connectivity index (χ0n) is 9.49. The van der Waals surface area contributed by atoms with E-state index in [0.717, 1.165) is 18.4 Å². The minimum atomic E-state index is -0.785. The van der Waals surface area contributed by atoms with Gasteiger partial charge in [0.2, 0.25) is 5.91 Å². The maximum Gasteiger partial charge on any atom is 0.230 e. The van der Waals surface area contributed by atoms with E-state index in [0.29, 0.717) is 12.8 Å². The summed E-state index contributed by atoms with van der Waals surface area (Å²) in [4.78, 5) is 12.1. The minimum Gasteiger partial charge on any atom is -0.385 e. The molecule has 2 N–H and O–H groups in total. The van der Waals surface area contributed by atoms with Crippen molar-refractivity contribution in [1.29, 1.82) is 0 Å². The first-order valence-corrected chi connectivity index (χ1v) is 6.02. The minimum absolute atomic E-state index is 0.109. The average molecular weight is 219 g/mol. The standard InChI is InChI=1S/C13H17NO2/c1-2-12-7-9(14-11(12)15)8-13(16)6-4-3-5-10(12)13/h3-5,9,16H,2,6-8H2,1H3,(H,14,15). The Morgan fingerprint density at radius 1 is 1.56 bits per heavy atom. The third kappa shape index (κ3) is 1.04. The predicted octanol–water partition coefficient (Wildman–Crippen LogP) is 1.29. The van der Waals surface area contributed by atoms with Gasteiger partial charge in [0.15, 0.2) is 0 Å². The van der Waals surface area contributed by atoms with Crippen molar-refractivity contribution in [2.24, 2.45) is 5.41 Å². The molecule has 1 heterocycles. The van der Waals surface area contributed by atoms with Crippen molar-refractivity contribution in [3.63, 3.8) is 0 Å². The Morgan fingerprint density at radius 2 is 2.38 bits per heavy atom. The molecule has 2 aliphatic carbocycles. The summed E-state index contributed by atoms with van der Waals surface area (Å²) in [5.41, 5.74) is -0.286. The number of allylic oxidation sites excluding steroid dienone is 2. The summed E-state index contributed by atoms with van der Waals surface area (Å²) < 4.78 is 0. The van der Waals surface area contributed by atoms with E-state index in [4.69, 9.17) is 0 Å². The van der Waals surface area contributed by atoms with Gasteiger partial charge in [0.25, 0.3) is 0 Å². The van der Waals surface area contributed by atoms with Crippen LogP contribution in [0.1, 0.15) is 32.6 Å². The van der Waals surface area contributed by atoms with E-state index < -0.39 is 11.0 Å². The van der Waals surface area contributed by atoms with Gasteiger partial charge in [0.05, 0.1) is 11.0 Å². The molecule has 2 bridgehead atoms. The zero-order valence-corrected chi connectivity index (χ0v) is 9.49. The summed E-state index contributed by atoms with van der Waals surface area (Å²) in [6.45, 7) is 2.03. The van der Waals surface area contributed by atoms with Crippen LogP contribution in [0.3, 0.4) is 0 Å². The molecule has 3 rings (SSSR count). The van der Waals surface area contributed by atoms with Crippen LogP contribution < -0.4 is 5.32 Å². The molecular weight excluding hydrogens is 202 g/mol. The number of fused-ring (bicyclic) bond motifs is 4. The Bertz CT molecular complexity index is 412. The van der Waals surface area contributed by atoms with Crippen molar-refractivity contribution < 1.29 is 9.90 Å². The summed E-state index contributed by atoms with van der Waals surface area (Å²) in [5.74, 6) is 0.109. The van der Waals surface area contributed by atoms with Gasteiger partial charge in [0, 0.05) is 12.5 Å². The molecule has 86 valence electrons. The smallest absolute Gasteiger partial charge is 0.230 e. The van der Waals surface area contributed by atoms with Gasteiger partial charge in [-0.2, -0.15) is 0 Å². The molecule has 3 nitrogen and oxygen atoms in total. The molecule has 0 aromatic carbocycles. The molecular formula is C13H17NO2. The summed E-state index contributed by atoms with van der Waals surface area (Å²) in [6.07, 6.45) is 8.84. The Morgan fingerprint density at radius 3 is 3.12 bits per heavy atom. The normalized spacial score (nSPS) is 45.0. The number of hydrogen-bond acceptors (Lipinski definition) is 2. The number of nitrogens with one attached hydrogen (secondary N) is 1. The number of carbonyl (C=O) groups excluding carboxylic acids is 1. The second-order valence-corrected chi connectivity index (χ2v) is 5.26. The van der Waals surface area contributed by atoms with Crippen molar-refractivity contribution in [1.82, 2.24) is 5.32 Å². The van der Waals surface area contributed by atoms with E-state index in [1.165, 1.54) is 0 Å². The summed E-state index contributed by atoms with van der Waals surface area (Å²) in [7, 11) is 0. The molecule has 1 amide bonds. The van der Waals surface area contributed by atoms with Crippen molar-refractivity contribution in [3.8, 4) is 0 Å². The molecule has 0 aromatic rings. The monoisotopic (exact) mass is 219 g/mol. The first-order chi connectivity index (χ1) is 7.61. The van der Waals surface area contributed by atoms with E-state index in [1.807, 2.05) is 25.2 Å². The van der Waals surface area contributed by atoms with E-state index >= 15 is 0 Å². The molecule has 1 saturated carbocycles. The van der Waals surface area contributed by atoms with Crippen LogP contribution in [0.4, 0.5) is 0 Å². The summed E-state index contributed by atoms with van der Waals surface area (Å²) in [5, 5.41) is 13.7. The highest BCUT2D eigenvalue weighted by atomic mass is 16.3. The van der Waals surface area contributed by atoms with Gasteiger partial charge in [0.1, 0.15) is 0 Å². The van der Waals surface area contributed by atoms with E-state index in [1.54, 1.807) is 0 Å². The quantitative estimate of drug-likeness (QED) is 0.698. The number of amides is 1. The second kappa shape index (κ2) is 2.98. The summed E-state index contributed by atoms with van der Waals surface area (Å²) >= 11 is 0. The van der Waals surface area contributed by atoms with Crippen LogP contribution in [-0.4, -0.2) is 22.7 Å². The fraction of sp³-hybridized carbons (Fsp3) is 0.615. The Hall–Kier alpha value is -1.09. The number of rotatable bonds is 1. The molecule has 1 aliphatic heterocycles. The third-order valence-corrected chi connectivity index (χ3v) is 4.42. The number of carbonyl (C=O) groups is 1. The molecule has 0 radical (unpaired) electrons. The average Bonchev–Trinajstić information content (AvgIpc) is 2.52. The van der Waals surface area contributed by atoms with Gasteiger partial charge < -0.3 is 10.4 Å². The van der Waals surface area contributed by atoms with Crippen LogP contribution in [0.15, 0.2) is 23.8 Å². The Labute approximate surface area is 95.2 Å². The molecule has 3 atom stereocenters. The second-order valence-electron chi connectivity index (χ2n) is 5.26. The van der Waals surface area contributed by atoms with E-state index in [9.17, 15) is 9.90 Å². The van der Waals surface area contributed by atoms with E-state index in [-0.39, 0.29) is 11.9 Å². The summed E-state index contributed by atoms with van der Waals surface area (Å²) in [6, 6.07) is 0.154. The lowest BCUT2D eigenvalue weighted by molar-refractivity contribution is -0.127. The van der Waals surface area contributed by atoms with Crippen LogP contribution in [0.25, 0.3) is 0 Å². The first kappa shape index (κ1) is 10.1. The Kier molecular flexibility index (Phi) is 1.88. The van der Waals surface area contributed by atoms with Crippen LogP contribution in [-0.2, 0) is 4.79 Å². The predicted molar refractivity (Wildman–Crippen MR) is 60.7 cm³/mol. The topological polar surface area (TPSA) is 49.3 Å². The maximum absolute atomic E-state index is 12.1. The fourth-order valence-electron chi connectivity index (χ4n) is 3.64. The van der Waals surface area contributed by atoms with Crippen LogP contribution in [0.5, 0.6) is 0 Å². The lowest BCUT2D eigenvalue weighted by Crippen LogP contribution is -2.47. The van der Waals surface area contributed by atoms with Crippen LogP contribution in [0.2, 0.25) is 0 Å². The molecule has 16 heavy (non-hydrogen) atoms. The van der Waals surface area contributed by atoms with Gasteiger partial charge in [-0.05, 0) is 24.8 Å². The van der Waals surface area contributed by atoms with Crippen LogP contribution >= 0.6 is 0 Å². The van der Waals surface area contributed by atoms with Gasteiger partial charge in [-0.1, -0.05) is 25.2 Å². The van der Waals surface area contributed by atoms with E-state index in [2.05, 4.69) is 5.32 Å². The first-order valence-electron chi connectivity index (χ1n) is 6.02. The zero-order chi connectivity index (χ0) is 11.4. The molecule has 0 aromatic heterocycles. The lowest BCUT2D eigenvalue weighted by atomic mass is 9.61. The van der Waals surface area contributed by atoms with Gasteiger partial charge in [-0.3, -0.25) is 4.79 Å². The highest BCUT2D eigenvalue weighted by molar-refractivity contribution is 5.90. The molecule has 3 aliphatic rings. The highest BCUT2D eigenvalue weighted by Gasteiger charge is 2.59.